The Labute approximate surface area is 218 Å². The number of carbonyl (C=O) groups is 1. The van der Waals surface area contributed by atoms with Gasteiger partial charge in [0.25, 0.3) is 0 Å². The van der Waals surface area contributed by atoms with E-state index in [-0.39, 0.29) is 11.8 Å². The van der Waals surface area contributed by atoms with Crippen molar-refractivity contribution in [1.82, 2.24) is 14.3 Å². The highest BCUT2D eigenvalue weighted by Crippen LogP contribution is 2.33. The second-order valence-electron chi connectivity index (χ2n) is 9.42. The highest BCUT2D eigenvalue weighted by molar-refractivity contribution is 5.78. The number of ether oxygens (including phenoxy) is 2. The van der Waals surface area contributed by atoms with E-state index in [1.807, 2.05) is 60.6 Å². The van der Waals surface area contributed by atoms with Crippen molar-refractivity contribution < 1.29 is 14.3 Å². The Hall–Kier alpha value is -4.00. The van der Waals surface area contributed by atoms with Crippen LogP contribution >= 0.6 is 0 Å². The smallest absolute Gasteiger partial charge is 0.223 e. The number of imidazole rings is 1. The Balaban J connectivity index is 1.36. The molecule has 1 saturated heterocycles. The highest BCUT2D eigenvalue weighted by Gasteiger charge is 2.28. The highest BCUT2D eigenvalue weighted by atomic mass is 16.5. The van der Waals surface area contributed by atoms with E-state index >= 15 is 0 Å². The molecular formula is C30H34N4O3. The molecule has 0 radical (unpaired) electrons. The number of hydrogen-bond acceptors (Lipinski definition) is 5. The number of nitrogens with zero attached hydrogens (tertiary/aromatic N) is 4. The number of piperazine rings is 1. The molecule has 37 heavy (non-hydrogen) atoms. The molecule has 0 N–H and O–H groups in total. The molecule has 2 aromatic carbocycles. The van der Waals surface area contributed by atoms with Gasteiger partial charge in [0, 0.05) is 50.9 Å². The number of para-hydroxylation sites is 2. The average molecular weight is 499 g/mol. The summed E-state index contributed by atoms with van der Waals surface area (Å²) in [4.78, 5) is 22.6. The third-order valence-corrected chi connectivity index (χ3v) is 7.07. The minimum absolute atomic E-state index is 0.142. The van der Waals surface area contributed by atoms with Crippen LogP contribution in [-0.2, 0) is 4.79 Å². The molecule has 1 fully saturated rings. The SMILES string of the molecule is CCOc1ccccc1N1CCN(C(=O)CC(c2cccc(OC)c2)c2cnc3cc(C)ccn23)CC1. The average Bonchev–Trinajstić information content (AvgIpc) is 3.35. The molecule has 0 aliphatic carbocycles. The van der Waals surface area contributed by atoms with E-state index in [9.17, 15) is 4.79 Å². The first-order valence-corrected chi connectivity index (χ1v) is 12.9. The van der Waals surface area contributed by atoms with Crippen molar-refractivity contribution in [2.24, 2.45) is 0 Å². The first kappa shape index (κ1) is 24.7. The van der Waals surface area contributed by atoms with Gasteiger partial charge in [0.15, 0.2) is 0 Å². The lowest BCUT2D eigenvalue weighted by molar-refractivity contribution is -0.131. The van der Waals surface area contributed by atoms with Crippen molar-refractivity contribution in [2.75, 3.05) is 44.8 Å². The van der Waals surface area contributed by atoms with Gasteiger partial charge in [0.1, 0.15) is 17.1 Å². The maximum Gasteiger partial charge on any atom is 0.223 e. The van der Waals surface area contributed by atoms with Crippen LogP contribution in [0, 0.1) is 6.92 Å². The van der Waals surface area contributed by atoms with Crippen LogP contribution in [0.3, 0.4) is 0 Å². The molecule has 5 rings (SSSR count). The number of anilines is 1. The van der Waals surface area contributed by atoms with Gasteiger partial charge in [-0.2, -0.15) is 0 Å². The van der Waals surface area contributed by atoms with Gasteiger partial charge in [-0.05, 0) is 61.4 Å². The lowest BCUT2D eigenvalue weighted by Crippen LogP contribution is -2.49. The van der Waals surface area contributed by atoms with Crippen LogP contribution in [0.2, 0.25) is 0 Å². The summed E-state index contributed by atoms with van der Waals surface area (Å²) >= 11 is 0. The zero-order chi connectivity index (χ0) is 25.8. The molecule has 0 spiro atoms. The second-order valence-corrected chi connectivity index (χ2v) is 9.42. The normalized spacial score (nSPS) is 14.6. The molecule has 4 aromatic rings. The van der Waals surface area contributed by atoms with E-state index in [1.54, 1.807) is 7.11 Å². The molecule has 1 aliphatic heterocycles. The van der Waals surface area contributed by atoms with Crippen molar-refractivity contribution in [3.05, 3.63) is 89.9 Å². The van der Waals surface area contributed by atoms with Crippen LogP contribution < -0.4 is 14.4 Å². The van der Waals surface area contributed by atoms with Crippen LogP contribution in [0.25, 0.3) is 5.65 Å². The molecular weight excluding hydrogens is 464 g/mol. The fraction of sp³-hybridized carbons (Fsp3) is 0.333. The minimum atomic E-state index is -0.142. The Morgan fingerprint density at radius 1 is 1.03 bits per heavy atom. The molecule has 1 atom stereocenters. The summed E-state index contributed by atoms with van der Waals surface area (Å²) in [5.41, 5.74) is 5.17. The van der Waals surface area contributed by atoms with E-state index < -0.39 is 0 Å². The van der Waals surface area contributed by atoms with Gasteiger partial charge in [-0.15, -0.1) is 0 Å². The minimum Gasteiger partial charge on any atom is -0.497 e. The van der Waals surface area contributed by atoms with Crippen LogP contribution in [0.5, 0.6) is 11.5 Å². The number of methoxy groups -OCH3 is 1. The summed E-state index contributed by atoms with van der Waals surface area (Å²) in [6, 6.07) is 20.3. The Bertz CT molecular complexity index is 1370. The third-order valence-electron chi connectivity index (χ3n) is 7.07. The molecule has 2 aromatic heterocycles. The number of amides is 1. The maximum atomic E-state index is 13.7. The number of hydrogen-bond donors (Lipinski definition) is 0. The lowest BCUT2D eigenvalue weighted by Gasteiger charge is -2.37. The molecule has 1 amide bonds. The quantitative estimate of drug-likeness (QED) is 0.345. The molecule has 7 heteroatoms. The van der Waals surface area contributed by atoms with Crippen molar-refractivity contribution in [3.8, 4) is 11.5 Å². The lowest BCUT2D eigenvalue weighted by atomic mass is 9.91. The van der Waals surface area contributed by atoms with Crippen molar-refractivity contribution in [3.63, 3.8) is 0 Å². The molecule has 7 nitrogen and oxygen atoms in total. The van der Waals surface area contributed by atoms with E-state index in [0.29, 0.717) is 26.1 Å². The molecule has 0 saturated carbocycles. The molecule has 0 bridgehead atoms. The predicted octanol–water partition coefficient (Wildman–Crippen LogP) is 4.92. The third kappa shape index (κ3) is 5.26. The van der Waals surface area contributed by atoms with Gasteiger partial charge in [-0.1, -0.05) is 24.3 Å². The fourth-order valence-electron chi connectivity index (χ4n) is 5.11. The molecule has 3 heterocycles. The van der Waals surface area contributed by atoms with Gasteiger partial charge in [-0.3, -0.25) is 4.79 Å². The summed E-state index contributed by atoms with van der Waals surface area (Å²) in [5, 5.41) is 0. The number of aromatic nitrogens is 2. The predicted molar refractivity (Wildman–Crippen MR) is 146 cm³/mol. The van der Waals surface area contributed by atoms with Gasteiger partial charge < -0.3 is 23.7 Å². The maximum absolute atomic E-state index is 13.7. The van der Waals surface area contributed by atoms with E-state index in [4.69, 9.17) is 9.47 Å². The van der Waals surface area contributed by atoms with Crippen molar-refractivity contribution in [1.29, 1.82) is 0 Å². The van der Waals surface area contributed by atoms with Gasteiger partial charge in [0.2, 0.25) is 5.91 Å². The van der Waals surface area contributed by atoms with E-state index in [0.717, 1.165) is 52.7 Å². The summed E-state index contributed by atoms with van der Waals surface area (Å²) in [5.74, 6) is 1.68. The topological polar surface area (TPSA) is 59.3 Å². The van der Waals surface area contributed by atoms with E-state index in [2.05, 4.69) is 45.5 Å². The number of benzene rings is 2. The standard InChI is InChI=1S/C30H34N4O3/c1-4-37-28-11-6-5-10-26(28)32-14-16-33(17-15-32)30(35)20-25(23-8-7-9-24(19-23)36-3)27-21-31-29-18-22(2)12-13-34(27)29/h5-13,18-19,21,25H,4,14-17,20H2,1-3H3. The summed E-state index contributed by atoms with van der Waals surface area (Å²) < 4.78 is 13.4. The first-order valence-electron chi connectivity index (χ1n) is 12.9. The Kier molecular flexibility index (Phi) is 7.30. The number of aryl methyl sites for hydroxylation is 1. The number of carbonyl (C=O) groups excluding carboxylic acids is 1. The van der Waals surface area contributed by atoms with Crippen LogP contribution in [0.4, 0.5) is 5.69 Å². The number of fused-ring (bicyclic) bond motifs is 1. The Morgan fingerprint density at radius 3 is 2.62 bits per heavy atom. The molecule has 1 unspecified atom stereocenters. The first-order chi connectivity index (χ1) is 18.1. The van der Waals surface area contributed by atoms with Crippen molar-refractivity contribution >= 4 is 17.2 Å². The second kappa shape index (κ2) is 10.9. The zero-order valence-corrected chi connectivity index (χ0v) is 21.8. The van der Waals surface area contributed by atoms with E-state index in [1.165, 1.54) is 0 Å². The largest absolute Gasteiger partial charge is 0.497 e. The molecule has 1 aliphatic rings. The summed E-state index contributed by atoms with van der Waals surface area (Å²) in [6.07, 6.45) is 4.30. The monoisotopic (exact) mass is 498 g/mol. The number of rotatable bonds is 8. The molecule has 192 valence electrons. The summed E-state index contributed by atoms with van der Waals surface area (Å²) in [6.45, 7) is 7.58. The van der Waals surface area contributed by atoms with Crippen LogP contribution in [0.1, 0.15) is 36.1 Å². The zero-order valence-electron chi connectivity index (χ0n) is 21.8. The fourth-order valence-corrected chi connectivity index (χ4v) is 5.11. The number of pyridine rings is 1. The van der Waals surface area contributed by atoms with Gasteiger partial charge in [-0.25, -0.2) is 4.98 Å². The van der Waals surface area contributed by atoms with Crippen molar-refractivity contribution in [2.45, 2.75) is 26.2 Å². The Morgan fingerprint density at radius 2 is 1.84 bits per heavy atom. The van der Waals surface area contributed by atoms with Gasteiger partial charge in [0.05, 0.1) is 25.1 Å². The van der Waals surface area contributed by atoms with Gasteiger partial charge >= 0.3 is 0 Å². The van der Waals surface area contributed by atoms with Crippen LogP contribution in [-0.4, -0.2) is 60.1 Å². The summed E-state index contributed by atoms with van der Waals surface area (Å²) in [7, 11) is 1.67. The van der Waals surface area contributed by atoms with Crippen LogP contribution in [0.15, 0.2) is 73.1 Å².